The molecule has 6 heteroatoms. The van der Waals surface area contributed by atoms with E-state index in [0.717, 1.165) is 32.2 Å². The van der Waals surface area contributed by atoms with Crippen molar-refractivity contribution in [3.63, 3.8) is 0 Å². The molecule has 0 bridgehead atoms. The molecule has 0 radical (unpaired) electrons. The van der Waals surface area contributed by atoms with E-state index in [1.165, 1.54) is 11.1 Å². The van der Waals surface area contributed by atoms with Crippen LogP contribution in [-0.2, 0) is 17.9 Å². The highest BCUT2D eigenvalue weighted by molar-refractivity contribution is 14.0. The van der Waals surface area contributed by atoms with Crippen LogP contribution in [0.25, 0.3) is 0 Å². The third kappa shape index (κ3) is 10.3. The third-order valence-electron chi connectivity index (χ3n) is 4.32. The standard InChI is InChI=1S/C21H38N4O.HI/c1-7-22-21(23-13-14-25(17(3)4)18(5)6)24-15-19-11-9-10-12-20(19)16-26-8-2;/h9-12,17-18H,7-8,13-16H2,1-6H3,(H2,22,23,24);1H. The highest BCUT2D eigenvalue weighted by Crippen LogP contribution is 2.11. The van der Waals surface area contributed by atoms with Crippen molar-refractivity contribution in [2.24, 2.45) is 4.99 Å². The van der Waals surface area contributed by atoms with E-state index >= 15 is 0 Å². The Morgan fingerprint density at radius 2 is 1.67 bits per heavy atom. The van der Waals surface area contributed by atoms with Gasteiger partial charge < -0.3 is 15.4 Å². The van der Waals surface area contributed by atoms with Gasteiger partial charge in [-0.1, -0.05) is 24.3 Å². The van der Waals surface area contributed by atoms with Gasteiger partial charge in [0.1, 0.15) is 0 Å². The number of aliphatic imine (C=N–C) groups is 1. The molecule has 0 atom stereocenters. The summed E-state index contributed by atoms with van der Waals surface area (Å²) in [5.74, 6) is 0.867. The molecule has 1 rings (SSSR count). The minimum Gasteiger partial charge on any atom is -0.377 e. The zero-order valence-electron chi connectivity index (χ0n) is 17.9. The average molecular weight is 490 g/mol. The Bertz CT molecular complexity index is 527. The van der Waals surface area contributed by atoms with Gasteiger partial charge in [0.05, 0.1) is 13.2 Å². The lowest BCUT2D eigenvalue weighted by Gasteiger charge is -2.30. The number of halogens is 1. The largest absolute Gasteiger partial charge is 0.377 e. The second-order valence-electron chi connectivity index (χ2n) is 6.95. The van der Waals surface area contributed by atoms with Gasteiger partial charge in [0, 0.05) is 38.3 Å². The Labute approximate surface area is 183 Å². The van der Waals surface area contributed by atoms with Gasteiger partial charge in [0.15, 0.2) is 5.96 Å². The average Bonchev–Trinajstić information content (AvgIpc) is 2.61. The monoisotopic (exact) mass is 490 g/mol. The van der Waals surface area contributed by atoms with E-state index in [0.29, 0.717) is 25.2 Å². The minimum absolute atomic E-state index is 0. The lowest BCUT2D eigenvalue weighted by atomic mass is 10.1. The van der Waals surface area contributed by atoms with Gasteiger partial charge in [-0.2, -0.15) is 0 Å². The van der Waals surface area contributed by atoms with E-state index in [2.05, 4.69) is 74.4 Å². The number of ether oxygens (including phenoxy) is 1. The van der Waals surface area contributed by atoms with Gasteiger partial charge in [-0.15, -0.1) is 24.0 Å². The van der Waals surface area contributed by atoms with E-state index in [4.69, 9.17) is 9.73 Å². The van der Waals surface area contributed by atoms with Crippen LogP contribution in [0, 0.1) is 0 Å². The summed E-state index contributed by atoms with van der Waals surface area (Å²) in [5, 5.41) is 6.80. The van der Waals surface area contributed by atoms with Crippen LogP contribution in [0.2, 0.25) is 0 Å². The lowest BCUT2D eigenvalue weighted by molar-refractivity contribution is 0.133. The number of guanidine groups is 1. The predicted molar refractivity (Wildman–Crippen MR) is 127 cm³/mol. The minimum atomic E-state index is 0. The second kappa shape index (κ2) is 15.1. The van der Waals surface area contributed by atoms with Gasteiger partial charge in [-0.25, -0.2) is 4.99 Å². The summed E-state index contributed by atoms with van der Waals surface area (Å²) in [7, 11) is 0. The van der Waals surface area contributed by atoms with Crippen molar-refractivity contribution in [3.05, 3.63) is 35.4 Å². The summed E-state index contributed by atoms with van der Waals surface area (Å²) < 4.78 is 5.57. The Kier molecular flexibility index (Phi) is 14.6. The molecule has 0 unspecified atom stereocenters. The molecule has 0 heterocycles. The molecule has 1 aromatic rings. The predicted octanol–water partition coefficient (Wildman–Crippen LogP) is 4.02. The molecule has 1 aromatic carbocycles. The fourth-order valence-corrected chi connectivity index (χ4v) is 2.99. The van der Waals surface area contributed by atoms with Crippen LogP contribution in [0.15, 0.2) is 29.3 Å². The highest BCUT2D eigenvalue weighted by atomic mass is 127. The van der Waals surface area contributed by atoms with E-state index < -0.39 is 0 Å². The Hall–Kier alpha value is -0.860. The molecule has 0 aromatic heterocycles. The zero-order valence-corrected chi connectivity index (χ0v) is 20.2. The smallest absolute Gasteiger partial charge is 0.191 e. The maximum absolute atomic E-state index is 5.57. The molecule has 0 spiro atoms. The zero-order chi connectivity index (χ0) is 19.4. The molecule has 2 N–H and O–H groups in total. The first kappa shape index (κ1) is 26.1. The molecule has 0 saturated heterocycles. The first-order valence-electron chi connectivity index (χ1n) is 9.91. The van der Waals surface area contributed by atoms with Crippen LogP contribution in [-0.4, -0.2) is 49.2 Å². The summed E-state index contributed by atoms with van der Waals surface area (Å²) in [6.07, 6.45) is 0. The number of hydrogen-bond acceptors (Lipinski definition) is 3. The first-order valence-corrected chi connectivity index (χ1v) is 9.91. The molecule has 5 nitrogen and oxygen atoms in total. The number of nitrogens with zero attached hydrogens (tertiary/aromatic N) is 2. The topological polar surface area (TPSA) is 48.9 Å². The SMILES string of the molecule is CCNC(=NCc1ccccc1COCC)NCCN(C(C)C)C(C)C.I. The quantitative estimate of drug-likeness (QED) is 0.280. The van der Waals surface area contributed by atoms with Crippen molar-refractivity contribution in [2.75, 3.05) is 26.2 Å². The maximum Gasteiger partial charge on any atom is 0.191 e. The van der Waals surface area contributed by atoms with E-state index in [1.807, 2.05) is 6.92 Å². The number of rotatable bonds is 11. The maximum atomic E-state index is 5.57. The van der Waals surface area contributed by atoms with Gasteiger partial charge in [-0.05, 0) is 52.7 Å². The molecule has 0 fully saturated rings. The fourth-order valence-electron chi connectivity index (χ4n) is 2.99. The van der Waals surface area contributed by atoms with Crippen molar-refractivity contribution in [2.45, 2.75) is 66.8 Å². The fraction of sp³-hybridized carbons (Fsp3) is 0.667. The normalized spacial score (nSPS) is 11.8. The molecule has 156 valence electrons. The first-order chi connectivity index (χ1) is 12.5. The molecule has 0 aliphatic carbocycles. The molecular formula is C21H39IN4O. The van der Waals surface area contributed by atoms with Crippen LogP contribution in [0.1, 0.15) is 52.7 Å². The van der Waals surface area contributed by atoms with E-state index in [1.54, 1.807) is 0 Å². The van der Waals surface area contributed by atoms with Gasteiger partial charge in [0.25, 0.3) is 0 Å². The number of nitrogens with one attached hydrogen (secondary N) is 2. The summed E-state index contributed by atoms with van der Waals surface area (Å²) in [6.45, 7) is 17.8. The Morgan fingerprint density at radius 3 is 2.22 bits per heavy atom. The van der Waals surface area contributed by atoms with Gasteiger partial charge in [0.2, 0.25) is 0 Å². The van der Waals surface area contributed by atoms with E-state index in [-0.39, 0.29) is 24.0 Å². The van der Waals surface area contributed by atoms with Crippen LogP contribution in [0.3, 0.4) is 0 Å². The van der Waals surface area contributed by atoms with Gasteiger partial charge in [-0.3, -0.25) is 4.90 Å². The second-order valence-corrected chi connectivity index (χ2v) is 6.95. The molecule has 0 amide bonds. The molecule has 0 saturated carbocycles. The Balaban J connectivity index is 0.00000676. The Morgan fingerprint density at radius 1 is 1.04 bits per heavy atom. The van der Waals surface area contributed by atoms with Crippen molar-refractivity contribution in [1.29, 1.82) is 0 Å². The number of benzene rings is 1. The van der Waals surface area contributed by atoms with Crippen LogP contribution >= 0.6 is 24.0 Å². The summed E-state index contributed by atoms with van der Waals surface area (Å²) in [6, 6.07) is 9.44. The lowest BCUT2D eigenvalue weighted by Crippen LogP contribution is -2.45. The number of hydrogen-bond donors (Lipinski definition) is 2. The van der Waals surface area contributed by atoms with Crippen molar-refractivity contribution < 1.29 is 4.74 Å². The van der Waals surface area contributed by atoms with Crippen LogP contribution in [0.4, 0.5) is 0 Å². The summed E-state index contributed by atoms with van der Waals surface area (Å²) in [5.41, 5.74) is 2.42. The van der Waals surface area contributed by atoms with Crippen LogP contribution < -0.4 is 10.6 Å². The molecule has 27 heavy (non-hydrogen) atoms. The van der Waals surface area contributed by atoms with E-state index in [9.17, 15) is 0 Å². The van der Waals surface area contributed by atoms with Crippen molar-refractivity contribution in [1.82, 2.24) is 15.5 Å². The van der Waals surface area contributed by atoms with Crippen LogP contribution in [0.5, 0.6) is 0 Å². The third-order valence-corrected chi connectivity index (χ3v) is 4.32. The summed E-state index contributed by atoms with van der Waals surface area (Å²) in [4.78, 5) is 7.24. The van der Waals surface area contributed by atoms with Gasteiger partial charge >= 0.3 is 0 Å². The molecule has 0 aliphatic heterocycles. The van der Waals surface area contributed by atoms with Crippen molar-refractivity contribution in [3.8, 4) is 0 Å². The molecular weight excluding hydrogens is 451 g/mol. The highest BCUT2D eigenvalue weighted by Gasteiger charge is 2.12. The summed E-state index contributed by atoms with van der Waals surface area (Å²) >= 11 is 0. The molecule has 0 aliphatic rings. The van der Waals surface area contributed by atoms with Crippen molar-refractivity contribution >= 4 is 29.9 Å².